The number of para-hydroxylation sites is 1. The predicted molar refractivity (Wildman–Crippen MR) is 116 cm³/mol. The maximum atomic E-state index is 13.0. The van der Waals surface area contributed by atoms with Crippen LogP contribution in [0.15, 0.2) is 48.5 Å². The summed E-state index contributed by atoms with van der Waals surface area (Å²) in [7, 11) is 0. The van der Waals surface area contributed by atoms with Gasteiger partial charge in [0.05, 0.1) is 5.02 Å². The smallest absolute Gasteiger partial charge is 0.261 e. The molecule has 0 saturated heterocycles. The molecule has 156 valence electrons. The van der Waals surface area contributed by atoms with Crippen LogP contribution in [0.2, 0.25) is 10.0 Å². The van der Waals surface area contributed by atoms with Crippen molar-refractivity contribution in [1.82, 2.24) is 10.2 Å². The average molecular weight is 437 g/mol. The van der Waals surface area contributed by atoms with Crippen molar-refractivity contribution >= 4 is 35.0 Å². The molecular formula is C22H26Cl2N2O3. The number of rotatable bonds is 10. The van der Waals surface area contributed by atoms with E-state index in [-0.39, 0.29) is 25.0 Å². The summed E-state index contributed by atoms with van der Waals surface area (Å²) in [6.07, 6.45) is 1.31. The van der Waals surface area contributed by atoms with E-state index in [1.807, 2.05) is 26.0 Å². The van der Waals surface area contributed by atoms with Crippen molar-refractivity contribution in [2.45, 2.75) is 39.3 Å². The molecule has 0 aliphatic rings. The van der Waals surface area contributed by atoms with Gasteiger partial charge in [0, 0.05) is 18.1 Å². The summed E-state index contributed by atoms with van der Waals surface area (Å²) in [6.45, 7) is 4.49. The Morgan fingerprint density at radius 1 is 1.07 bits per heavy atom. The summed E-state index contributed by atoms with van der Waals surface area (Å²) >= 11 is 12.1. The summed E-state index contributed by atoms with van der Waals surface area (Å²) in [5.41, 5.74) is 0.877. The molecule has 1 N–H and O–H groups in total. The van der Waals surface area contributed by atoms with E-state index in [9.17, 15) is 9.59 Å². The molecule has 2 aromatic rings. The van der Waals surface area contributed by atoms with Gasteiger partial charge in [-0.25, -0.2) is 0 Å². The molecule has 2 rings (SSSR count). The van der Waals surface area contributed by atoms with Gasteiger partial charge in [-0.3, -0.25) is 9.59 Å². The van der Waals surface area contributed by atoms with Crippen molar-refractivity contribution < 1.29 is 14.3 Å². The van der Waals surface area contributed by atoms with Crippen molar-refractivity contribution in [3.8, 4) is 5.75 Å². The highest BCUT2D eigenvalue weighted by atomic mass is 35.5. The lowest BCUT2D eigenvalue weighted by Gasteiger charge is -2.30. The number of amides is 2. The van der Waals surface area contributed by atoms with Gasteiger partial charge in [0.2, 0.25) is 5.91 Å². The van der Waals surface area contributed by atoms with Crippen LogP contribution in [-0.2, 0) is 16.1 Å². The molecular weight excluding hydrogens is 411 g/mol. The third kappa shape index (κ3) is 6.94. The van der Waals surface area contributed by atoms with Crippen LogP contribution in [0.3, 0.4) is 0 Å². The van der Waals surface area contributed by atoms with Gasteiger partial charge in [0.25, 0.3) is 5.91 Å². The third-order valence-corrected chi connectivity index (χ3v) is 4.95. The van der Waals surface area contributed by atoms with Crippen molar-refractivity contribution in [2.24, 2.45) is 0 Å². The molecule has 2 amide bonds. The van der Waals surface area contributed by atoms with Gasteiger partial charge in [0.1, 0.15) is 11.8 Å². The zero-order valence-electron chi connectivity index (χ0n) is 16.7. The molecule has 2 aromatic carbocycles. The second-order valence-electron chi connectivity index (χ2n) is 6.58. The normalized spacial score (nSPS) is 11.6. The average Bonchev–Trinajstić information content (AvgIpc) is 2.72. The van der Waals surface area contributed by atoms with Gasteiger partial charge in [-0.2, -0.15) is 0 Å². The molecule has 29 heavy (non-hydrogen) atoms. The fourth-order valence-corrected chi connectivity index (χ4v) is 3.17. The van der Waals surface area contributed by atoms with Gasteiger partial charge < -0.3 is 15.0 Å². The van der Waals surface area contributed by atoms with E-state index in [4.69, 9.17) is 27.9 Å². The minimum atomic E-state index is -0.598. The van der Waals surface area contributed by atoms with Crippen LogP contribution < -0.4 is 10.1 Å². The summed E-state index contributed by atoms with van der Waals surface area (Å²) in [5.74, 6) is -0.0368. The number of benzene rings is 2. The SMILES string of the molecule is CCCNC(=O)[C@H](CC)N(Cc1ccc(Cl)cc1)C(=O)COc1ccccc1Cl. The fourth-order valence-electron chi connectivity index (χ4n) is 2.86. The molecule has 0 aromatic heterocycles. The Bertz CT molecular complexity index is 812. The number of nitrogens with zero attached hydrogens (tertiary/aromatic N) is 1. The van der Waals surface area contributed by atoms with Gasteiger partial charge >= 0.3 is 0 Å². The second-order valence-corrected chi connectivity index (χ2v) is 7.43. The number of carbonyl (C=O) groups is 2. The number of hydrogen-bond donors (Lipinski definition) is 1. The molecule has 1 atom stereocenters. The lowest BCUT2D eigenvalue weighted by Crippen LogP contribution is -2.50. The van der Waals surface area contributed by atoms with Gasteiger partial charge in [-0.1, -0.05) is 61.3 Å². The maximum Gasteiger partial charge on any atom is 0.261 e. The standard InChI is InChI=1S/C22H26Cl2N2O3/c1-3-13-25-22(28)19(4-2)26(14-16-9-11-17(23)12-10-16)21(27)15-29-20-8-6-5-7-18(20)24/h5-12,19H,3-4,13-15H2,1-2H3,(H,25,28)/t19-/m0/s1. The second kappa shape index (κ2) is 11.7. The fraction of sp³-hybridized carbons (Fsp3) is 0.364. The molecule has 0 spiro atoms. The summed E-state index contributed by atoms with van der Waals surface area (Å²) in [5, 5.41) is 3.92. The van der Waals surface area contributed by atoms with Crippen LogP contribution in [0.1, 0.15) is 32.3 Å². The summed E-state index contributed by atoms with van der Waals surface area (Å²) < 4.78 is 5.62. The van der Waals surface area contributed by atoms with Crippen LogP contribution in [0.25, 0.3) is 0 Å². The molecule has 0 unspecified atom stereocenters. The molecule has 0 fully saturated rings. The van der Waals surface area contributed by atoms with Crippen LogP contribution in [0.4, 0.5) is 0 Å². The third-order valence-electron chi connectivity index (χ3n) is 4.39. The van der Waals surface area contributed by atoms with Crippen LogP contribution in [0.5, 0.6) is 5.75 Å². The lowest BCUT2D eigenvalue weighted by molar-refractivity contribution is -0.143. The van der Waals surface area contributed by atoms with Crippen molar-refractivity contribution in [3.63, 3.8) is 0 Å². The minimum Gasteiger partial charge on any atom is -0.482 e. The first-order chi connectivity index (χ1) is 14.0. The van der Waals surface area contributed by atoms with E-state index in [0.717, 1.165) is 12.0 Å². The molecule has 0 bridgehead atoms. The van der Waals surface area contributed by atoms with Gasteiger partial charge in [0.15, 0.2) is 6.61 Å². The number of nitrogens with one attached hydrogen (secondary N) is 1. The Kier molecular flexibility index (Phi) is 9.29. The quantitative estimate of drug-likeness (QED) is 0.586. The molecule has 0 radical (unpaired) electrons. The number of halogens is 2. The van der Waals surface area contributed by atoms with Crippen molar-refractivity contribution in [2.75, 3.05) is 13.2 Å². The van der Waals surface area contributed by atoms with E-state index in [0.29, 0.717) is 28.8 Å². The number of ether oxygens (including phenoxy) is 1. The van der Waals surface area contributed by atoms with Crippen LogP contribution >= 0.6 is 23.2 Å². The summed E-state index contributed by atoms with van der Waals surface area (Å²) in [4.78, 5) is 27.2. The van der Waals surface area contributed by atoms with Crippen molar-refractivity contribution in [1.29, 1.82) is 0 Å². The Morgan fingerprint density at radius 2 is 1.76 bits per heavy atom. The summed E-state index contributed by atoms with van der Waals surface area (Å²) in [6, 6.07) is 13.6. The molecule has 0 heterocycles. The Hall–Kier alpha value is -2.24. The Morgan fingerprint density at radius 3 is 2.38 bits per heavy atom. The molecule has 0 aliphatic carbocycles. The topological polar surface area (TPSA) is 58.6 Å². The number of carbonyl (C=O) groups excluding carboxylic acids is 2. The van der Waals surface area contributed by atoms with E-state index < -0.39 is 6.04 Å². The first kappa shape index (κ1) is 23.0. The first-order valence-corrected chi connectivity index (χ1v) is 10.4. The van der Waals surface area contributed by atoms with Gasteiger partial charge in [-0.05, 0) is 42.7 Å². The maximum absolute atomic E-state index is 13.0. The molecule has 0 aliphatic heterocycles. The minimum absolute atomic E-state index is 0.172. The molecule has 7 heteroatoms. The molecule has 0 saturated carbocycles. The van der Waals surface area contributed by atoms with Crippen LogP contribution in [0, 0.1) is 0 Å². The number of hydrogen-bond acceptors (Lipinski definition) is 3. The van der Waals surface area contributed by atoms with E-state index in [1.165, 1.54) is 0 Å². The monoisotopic (exact) mass is 436 g/mol. The largest absolute Gasteiger partial charge is 0.482 e. The highest BCUT2D eigenvalue weighted by molar-refractivity contribution is 6.32. The zero-order valence-corrected chi connectivity index (χ0v) is 18.2. The van der Waals surface area contributed by atoms with Gasteiger partial charge in [-0.15, -0.1) is 0 Å². The Labute approximate surface area is 181 Å². The zero-order chi connectivity index (χ0) is 21.2. The first-order valence-electron chi connectivity index (χ1n) is 9.65. The van der Waals surface area contributed by atoms with Crippen LogP contribution in [-0.4, -0.2) is 35.9 Å². The Balaban J connectivity index is 2.19. The van der Waals surface area contributed by atoms with E-state index in [2.05, 4.69) is 5.32 Å². The lowest BCUT2D eigenvalue weighted by atomic mass is 10.1. The van der Waals surface area contributed by atoms with E-state index >= 15 is 0 Å². The van der Waals surface area contributed by atoms with E-state index in [1.54, 1.807) is 41.3 Å². The highest BCUT2D eigenvalue weighted by Crippen LogP contribution is 2.23. The predicted octanol–water partition coefficient (Wildman–Crippen LogP) is 4.71. The van der Waals surface area contributed by atoms with Crippen molar-refractivity contribution in [3.05, 3.63) is 64.1 Å². The highest BCUT2D eigenvalue weighted by Gasteiger charge is 2.28. The molecule has 5 nitrogen and oxygen atoms in total.